The number of para-hydroxylation sites is 2. The maximum Gasteiger partial charge on any atom is 0.262 e. The normalized spacial score (nSPS) is 11.0. The Balaban J connectivity index is 1.60. The van der Waals surface area contributed by atoms with Gasteiger partial charge in [-0.2, -0.15) is 0 Å². The zero-order valence-corrected chi connectivity index (χ0v) is 15.4. The van der Waals surface area contributed by atoms with Gasteiger partial charge in [0.05, 0.1) is 11.0 Å². The zero-order chi connectivity index (χ0) is 19.2. The van der Waals surface area contributed by atoms with Crippen molar-refractivity contribution in [3.8, 4) is 0 Å². The first kappa shape index (κ1) is 18.4. The second-order valence-corrected chi connectivity index (χ2v) is 6.18. The summed E-state index contributed by atoms with van der Waals surface area (Å²) >= 11 is 0. The lowest BCUT2D eigenvalue weighted by molar-refractivity contribution is -0.127. The van der Waals surface area contributed by atoms with E-state index in [-0.39, 0.29) is 12.5 Å². The molecule has 2 N–H and O–H groups in total. The van der Waals surface area contributed by atoms with Crippen molar-refractivity contribution in [2.45, 2.75) is 26.8 Å². The molecule has 0 spiro atoms. The number of hydrogen-bond donors (Lipinski definition) is 2. The van der Waals surface area contributed by atoms with E-state index in [9.17, 15) is 9.59 Å². The van der Waals surface area contributed by atoms with Crippen LogP contribution in [0.25, 0.3) is 17.1 Å². The van der Waals surface area contributed by atoms with Crippen LogP contribution >= 0.6 is 0 Å². The summed E-state index contributed by atoms with van der Waals surface area (Å²) in [5.41, 5.74) is 8.64. The number of carbonyl (C=O) groups excluding carboxylic acids is 2. The lowest BCUT2D eigenvalue weighted by Crippen LogP contribution is -2.42. The first-order valence-electron chi connectivity index (χ1n) is 8.85. The summed E-state index contributed by atoms with van der Waals surface area (Å²) < 4.78 is 1.86. The van der Waals surface area contributed by atoms with Crippen molar-refractivity contribution < 1.29 is 9.59 Å². The van der Waals surface area contributed by atoms with Gasteiger partial charge in [0.1, 0.15) is 12.4 Å². The number of fused-ring (bicyclic) bond motifs is 1. The third kappa shape index (κ3) is 4.41. The topological polar surface area (TPSA) is 76.0 Å². The van der Waals surface area contributed by atoms with E-state index in [0.717, 1.165) is 28.0 Å². The lowest BCUT2D eigenvalue weighted by atomic mass is 10.1. The van der Waals surface area contributed by atoms with Crippen LogP contribution in [-0.2, 0) is 22.6 Å². The van der Waals surface area contributed by atoms with Gasteiger partial charge in [0.2, 0.25) is 0 Å². The number of amides is 2. The molecule has 0 saturated heterocycles. The third-order valence-electron chi connectivity index (χ3n) is 4.28. The molecule has 0 bridgehead atoms. The van der Waals surface area contributed by atoms with Crippen molar-refractivity contribution in [1.29, 1.82) is 0 Å². The van der Waals surface area contributed by atoms with Crippen LogP contribution in [0.15, 0.2) is 54.6 Å². The SMILES string of the molecule is CCc1nc2ccccc2n1CC(=O)NNC(=O)/C=C/c1ccccc1C. The first-order chi connectivity index (χ1) is 13.1. The van der Waals surface area contributed by atoms with E-state index in [1.54, 1.807) is 6.08 Å². The minimum absolute atomic E-state index is 0.0888. The molecule has 0 saturated carbocycles. The molecule has 2 aromatic carbocycles. The molecule has 0 atom stereocenters. The smallest absolute Gasteiger partial charge is 0.262 e. The fraction of sp³-hybridized carbons (Fsp3) is 0.190. The Hall–Kier alpha value is -3.41. The molecule has 27 heavy (non-hydrogen) atoms. The lowest BCUT2D eigenvalue weighted by Gasteiger charge is -2.09. The summed E-state index contributed by atoms with van der Waals surface area (Å²) in [5.74, 6) is 0.125. The molecule has 0 radical (unpaired) electrons. The molecule has 1 heterocycles. The van der Waals surface area contributed by atoms with Crippen molar-refractivity contribution in [2.24, 2.45) is 0 Å². The highest BCUT2D eigenvalue weighted by Gasteiger charge is 2.12. The van der Waals surface area contributed by atoms with Crippen molar-refractivity contribution in [1.82, 2.24) is 20.4 Å². The zero-order valence-electron chi connectivity index (χ0n) is 15.4. The van der Waals surface area contributed by atoms with Crippen LogP contribution in [0.3, 0.4) is 0 Å². The number of imidazole rings is 1. The maximum atomic E-state index is 12.3. The number of rotatable bonds is 5. The largest absolute Gasteiger partial charge is 0.318 e. The highest BCUT2D eigenvalue weighted by atomic mass is 16.2. The molecule has 3 rings (SSSR count). The van der Waals surface area contributed by atoms with Gasteiger partial charge in [0, 0.05) is 12.5 Å². The summed E-state index contributed by atoms with van der Waals surface area (Å²) in [6.45, 7) is 4.05. The van der Waals surface area contributed by atoms with Gasteiger partial charge in [0.15, 0.2) is 0 Å². The highest BCUT2D eigenvalue weighted by Crippen LogP contribution is 2.16. The first-order valence-corrected chi connectivity index (χ1v) is 8.85. The van der Waals surface area contributed by atoms with Gasteiger partial charge < -0.3 is 4.57 Å². The maximum absolute atomic E-state index is 12.3. The summed E-state index contributed by atoms with van der Waals surface area (Å²) in [5, 5.41) is 0. The second-order valence-electron chi connectivity index (χ2n) is 6.18. The van der Waals surface area contributed by atoms with E-state index in [2.05, 4.69) is 15.8 Å². The van der Waals surface area contributed by atoms with E-state index >= 15 is 0 Å². The summed E-state index contributed by atoms with van der Waals surface area (Å²) in [7, 11) is 0. The molecule has 0 fully saturated rings. The van der Waals surface area contributed by atoms with E-state index < -0.39 is 5.91 Å². The molecule has 6 heteroatoms. The van der Waals surface area contributed by atoms with Gasteiger partial charge in [0.25, 0.3) is 11.8 Å². The molecule has 0 aliphatic carbocycles. The Morgan fingerprint density at radius 1 is 1.07 bits per heavy atom. The van der Waals surface area contributed by atoms with Gasteiger partial charge in [-0.1, -0.05) is 43.3 Å². The molecule has 138 valence electrons. The molecular weight excluding hydrogens is 340 g/mol. The number of nitrogens with zero attached hydrogens (tertiary/aromatic N) is 2. The molecule has 0 unspecified atom stereocenters. The van der Waals surface area contributed by atoms with Gasteiger partial charge in [-0.25, -0.2) is 4.98 Å². The van der Waals surface area contributed by atoms with E-state index in [1.807, 2.05) is 66.9 Å². The summed E-state index contributed by atoms with van der Waals surface area (Å²) in [4.78, 5) is 28.7. The van der Waals surface area contributed by atoms with E-state index in [4.69, 9.17) is 0 Å². The second kappa shape index (κ2) is 8.31. The van der Waals surface area contributed by atoms with Crippen LogP contribution in [0, 0.1) is 6.92 Å². The fourth-order valence-electron chi connectivity index (χ4n) is 2.87. The average Bonchev–Trinajstić information content (AvgIpc) is 3.03. The Kier molecular flexibility index (Phi) is 5.66. The summed E-state index contributed by atoms with van der Waals surface area (Å²) in [6.07, 6.45) is 3.83. The van der Waals surface area contributed by atoms with Crippen LogP contribution in [0.4, 0.5) is 0 Å². The number of aryl methyl sites for hydroxylation is 2. The predicted octanol–water partition coefficient (Wildman–Crippen LogP) is 2.77. The van der Waals surface area contributed by atoms with E-state index in [1.165, 1.54) is 6.08 Å². The minimum atomic E-state index is -0.391. The molecule has 1 aromatic heterocycles. The molecule has 2 amide bonds. The van der Waals surface area contributed by atoms with Gasteiger partial charge in [-0.15, -0.1) is 0 Å². The average molecular weight is 362 g/mol. The Labute approximate surface area is 157 Å². The minimum Gasteiger partial charge on any atom is -0.318 e. The van der Waals surface area contributed by atoms with Crippen molar-refractivity contribution in [3.05, 3.63) is 71.6 Å². The van der Waals surface area contributed by atoms with Crippen LogP contribution in [0.5, 0.6) is 0 Å². The fourth-order valence-corrected chi connectivity index (χ4v) is 2.87. The third-order valence-corrected chi connectivity index (χ3v) is 4.28. The Morgan fingerprint density at radius 3 is 2.59 bits per heavy atom. The monoisotopic (exact) mass is 362 g/mol. The number of aromatic nitrogens is 2. The van der Waals surface area contributed by atoms with Crippen LogP contribution in [-0.4, -0.2) is 21.4 Å². The van der Waals surface area contributed by atoms with Crippen LogP contribution in [0.1, 0.15) is 23.9 Å². The van der Waals surface area contributed by atoms with Gasteiger partial charge in [-0.05, 0) is 36.3 Å². The quantitative estimate of drug-likeness (QED) is 0.541. The molecule has 0 aliphatic rings. The number of nitrogens with one attached hydrogen (secondary N) is 2. The van der Waals surface area contributed by atoms with Gasteiger partial charge in [-0.3, -0.25) is 20.4 Å². The Bertz CT molecular complexity index is 1000. The van der Waals surface area contributed by atoms with Crippen molar-refractivity contribution >= 4 is 28.9 Å². The standard InChI is InChI=1S/C21H22N4O2/c1-3-19-22-17-10-6-7-11-18(17)25(19)14-21(27)24-23-20(26)13-12-16-9-5-4-8-15(16)2/h4-13H,3,14H2,1-2H3,(H,23,26)(H,24,27)/b13-12+. The molecular formula is C21H22N4O2. The molecule has 0 aliphatic heterocycles. The van der Waals surface area contributed by atoms with Crippen LogP contribution in [0.2, 0.25) is 0 Å². The predicted molar refractivity (Wildman–Crippen MR) is 106 cm³/mol. The number of benzene rings is 2. The Morgan fingerprint density at radius 2 is 1.81 bits per heavy atom. The number of hydrogen-bond acceptors (Lipinski definition) is 3. The van der Waals surface area contributed by atoms with Crippen LogP contribution < -0.4 is 10.9 Å². The molecule has 3 aromatic rings. The molecule has 6 nitrogen and oxygen atoms in total. The number of carbonyl (C=O) groups is 2. The van der Waals surface area contributed by atoms with Gasteiger partial charge >= 0.3 is 0 Å². The summed E-state index contributed by atoms with van der Waals surface area (Å²) in [6, 6.07) is 15.4. The number of hydrazine groups is 1. The highest BCUT2D eigenvalue weighted by molar-refractivity contribution is 5.93. The van der Waals surface area contributed by atoms with Crippen molar-refractivity contribution in [3.63, 3.8) is 0 Å². The van der Waals surface area contributed by atoms with Crippen molar-refractivity contribution in [2.75, 3.05) is 0 Å². The van der Waals surface area contributed by atoms with E-state index in [0.29, 0.717) is 6.42 Å².